The summed E-state index contributed by atoms with van der Waals surface area (Å²) >= 11 is 9.36. The number of aromatic nitrogens is 2. The molecule has 0 spiro atoms. The molecule has 0 radical (unpaired) electrons. The van der Waals surface area contributed by atoms with Gasteiger partial charge in [0.05, 0.1) is 5.02 Å². The summed E-state index contributed by atoms with van der Waals surface area (Å²) in [7, 11) is 0. The lowest BCUT2D eigenvalue weighted by molar-refractivity contribution is 0.432. The SMILES string of the molecule is Cc1cc(N)ccc1-c1nc(-c2ccc(Cl)c(Br)c2)no1. The van der Waals surface area contributed by atoms with Crippen molar-refractivity contribution in [3.63, 3.8) is 0 Å². The van der Waals surface area contributed by atoms with Gasteiger partial charge < -0.3 is 10.3 Å². The van der Waals surface area contributed by atoms with Gasteiger partial charge in [0.2, 0.25) is 5.82 Å². The first kappa shape index (κ1) is 14.1. The van der Waals surface area contributed by atoms with Crippen molar-refractivity contribution in [1.82, 2.24) is 10.1 Å². The molecule has 0 aliphatic carbocycles. The topological polar surface area (TPSA) is 64.9 Å². The molecule has 0 fully saturated rings. The van der Waals surface area contributed by atoms with E-state index in [1.54, 1.807) is 6.07 Å². The summed E-state index contributed by atoms with van der Waals surface area (Å²) in [6.07, 6.45) is 0. The average molecular weight is 365 g/mol. The second-order valence-corrected chi connectivity index (χ2v) is 5.89. The lowest BCUT2D eigenvalue weighted by atomic mass is 10.1. The van der Waals surface area contributed by atoms with E-state index in [1.807, 2.05) is 37.3 Å². The van der Waals surface area contributed by atoms with Gasteiger partial charge in [0, 0.05) is 21.3 Å². The Hall–Kier alpha value is -1.85. The zero-order valence-electron chi connectivity index (χ0n) is 11.1. The van der Waals surface area contributed by atoms with Gasteiger partial charge in [-0.3, -0.25) is 0 Å². The van der Waals surface area contributed by atoms with Crippen LogP contribution in [0.5, 0.6) is 0 Å². The van der Waals surface area contributed by atoms with Gasteiger partial charge in [-0.1, -0.05) is 16.8 Å². The van der Waals surface area contributed by atoms with Crippen LogP contribution in [0.2, 0.25) is 5.02 Å². The van der Waals surface area contributed by atoms with Crippen LogP contribution in [0.4, 0.5) is 5.69 Å². The van der Waals surface area contributed by atoms with Crippen LogP contribution in [0.25, 0.3) is 22.8 Å². The first-order valence-electron chi connectivity index (χ1n) is 6.20. The molecule has 0 aliphatic heterocycles. The molecule has 106 valence electrons. The first-order valence-corrected chi connectivity index (χ1v) is 7.37. The minimum atomic E-state index is 0.466. The van der Waals surface area contributed by atoms with Gasteiger partial charge in [-0.15, -0.1) is 0 Å². The number of nitrogens with two attached hydrogens (primary N) is 1. The van der Waals surface area contributed by atoms with Gasteiger partial charge in [-0.05, 0) is 64.8 Å². The van der Waals surface area contributed by atoms with E-state index in [4.69, 9.17) is 21.9 Å². The molecule has 6 heteroatoms. The fraction of sp³-hybridized carbons (Fsp3) is 0.0667. The largest absolute Gasteiger partial charge is 0.399 e. The highest BCUT2D eigenvalue weighted by molar-refractivity contribution is 9.10. The van der Waals surface area contributed by atoms with E-state index >= 15 is 0 Å². The predicted molar refractivity (Wildman–Crippen MR) is 87.0 cm³/mol. The van der Waals surface area contributed by atoms with Crippen LogP contribution in [0.15, 0.2) is 45.4 Å². The molecule has 3 aromatic rings. The van der Waals surface area contributed by atoms with Gasteiger partial charge in [-0.25, -0.2) is 0 Å². The van der Waals surface area contributed by atoms with E-state index in [0.29, 0.717) is 22.4 Å². The number of hydrogen-bond acceptors (Lipinski definition) is 4. The van der Waals surface area contributed by atoms with Crippen molar-refractivity contribution in [1.29, 1.82) is 0 Å². The van der Waals surface area contributed by atoms with Crippen molar-refractivity contribution in [2.45, 2.75) is 6.92 Å². The zero-order chi connectivity index (χ0) is 15.0. The number of halogens is 2. The molecule has 1 aromatic heterocycles. The van der Waals surface area contributed by atoms with Gasteiger partial charge in [0.25, 0.3) is 5.89 Å². The molecule has 4 nitrogen and oxygen atoms in total. The number of nitrogens with zero attached hydrogens (tertiary/aromatic N) is 2. The maximum Gasteiger partial charge on any atom is 0.258 e. The van der Waals surface area contributed by atoms with Gasteiger partial charge >= 0.3 is 0 Å². The molecule has 0 saturated carbocycles. The van der Waals surface area contributed by atoms with Crippen LogP contribution in [-0.2, 0) is 0 Å². The number of aryl methyl sites for hydroxylation is 1. The van der Waals surface area contributed by atoms with Crippen molar-refractivity contribution < 1.29 is 4.52 Å². The fourth-order valence-corrected chi connectivity index (χ4v) is 2.51. The summed E-state index contributed by atoms with van der Waals surface area (Å²) in [4.78, 5) is 4.43. The summed E-state index contributed by atoms with van der Waals surface area (Å²) in [6.45, 7) is 1.95. The predicted octanol–water partition coefficient (Wildman–Crippen LogP) is 4.71. The molecule has 0 unspecified atom stereocenters. The van der Waals surface area contributed by atoms with Gasteiger partial charge in [-0.2, -0.15) is 4.98 Å². The fourth-order valence-electron chi connectivity index (χ4n) is 2.01. The minimum Gasteiger partial charge on any atom is -0.399 e. The van der Waals surface area contributed by atoms with Crippen LogP contribution >= 0.6 is 27.5 Å². The Morgan fingerprint density at radius 1 is 1.19 bits per heavy atom. The second-order valence-electron chi connectivity index (χ2n) is 4.63. The van der Waals surface area contributed by atoms with E-state index in [-0.39, 0.29) is 0 Å². The summed E-state index contributed by atoms with van der Waals surface area (Å²) < 4.78 is 6.13. The van der Waals surface area contributed by atoms with Gasteiger partial charge in [0.1, 0.15) is 0 Å². The van der Waals surface area contributed by atoms with Crippen molar-refractivity contribution in [2.24, 2.45) is 0 Å². The van der Waals surface area contributed by atoms with Crippen LogP contribution in [0.3, 0.4) is 0 Å². The monoisotopic (exact) mass is 363 g/mol. The number of rotatable bonds is 2. The zero-order valence-corrected chi connectivity index (χ0v) is 13.4. The second kappa shape index (κ2) is 5.50. The van der Waals surface area contributed by atoms with E-state index in [0.717, 1.165) is 21.2 Å². The molecule has 21 heavy (non-hydrogen) atoms. The maximum atomic E-state index is 5.98. The highest BCUT2D eigenvalue weighted by Crippen LogP contribution is 2.29. The van der Waals surface area contributed by atoms with E-state index in [2.05, 4.69) is 26.1 Å². The first-order chi connectivity index (χ1) is 10.0. The van der Waals surface area contributed by atoms with Gasteiger partial charge in [0.15, 0.2) is 0 Å². The van der Waals surface area contributed by atoms with Crippen LogP contribution in [0, 0.1) is 6.92 Å². The van der Waals surface area contributed by atoms with E-state index in [9.17, 15) is 0 Å². The minimum absolute atomic E-state index is 0.466. The molecule has 0 saturated heterocycles. The molecule has 0 aliphatic rings. The normalized spacial score (nSPS) is 10.8. The summed E-state index contributed by atoms with van der Waals surface area (Å²) in [5.74, 6) is 0.979. The molecule has 2 N–H and O–H groups in total. The third-order valence-electron chi connectivity index (χ3n) is 3.08. The van der Waals surface area contributed by atoms with Crippen molar-refractivity contribution in [3.8, 4) is 22.8 Å². The standard InChI is InChI=1S/C15H11BrClN3O/c1-8-6-10(18)3-4-11(8)15-19-14(20-21-15)9-2-5-13(17)12(16)7-9/h2-7H,18H2,1H3. The van der Waals surface area contributed by atoms with E-state index in [1.165, 1.54) is 0 Å². The molecule has 0 atom stereocenters. The van der Waals surface area contributed by atoms with Crippen molar-refractivity contribution in [3.05, 3.63) is 51.5 Å². The molecule has 3 rings (SSSR count). The molecular formula is C15H11BrClN3O. The number of benzene rings is 2. The maximum absolute atomic E-state index is 5.98. The quantitative estimate of drug-likeness (QED) is 0.669. The molecular weight excluding hydrogens is 354 g/mol. The Balaban J connectivity index is 2.01. The molecule has 2 aromatic carbocycles. The molecule has 1 heterocycles. The van der Waals surface area contributed by atoms with Crippen molar-refractivity contribution >= 4 is 33.2 Å². The van der Waals surface area contributed by atoms with Crippen molar-refractivity contribution in [2.75, 3.05) is 5.73 Å². The van der Waals surface area contributed by atoms with Crippen LogP contribution in [-0.4, -0.2) is 10.1 Å². The third kappa shape index (κ3) is 2.80. The highest BCUT2D eigenvalue weighted by Gasteiger charge is 2.13. The molecule has 0 amide bonds. The number of anilines is 1. The van der Waals surface area contributed by atoms with E-state index < -0.39 is 0 Å². The van der Waals surface area contributed by atoms with Crippen LogP contribution in [0.1, 0.15) is 5.56 Å². The summed E-state index contributed by atoms with van der Waals surface area (Å²) in [5.41, 5.74) is 9.14. The Morgan fingerprint density at radius 2 is 2.00 bits per heavy atom. The summed E-state index contributed by atoms with van der Waals surface area (Å²) in [6, 6.07) is 11.0. The Morgan fingerprint density at radius 3 is 2.71 bits per heavy atom. The summed E-state index contributed by atoms with van der Waals surface area (Å²) in [5, 5.41) is 4.65. The number of nitrogen functional groups attached to an aromatic ring is 1. The Bertz CT molecular complexity index is 816. The highest BCUT2D eigenvalue weighted by atomic mass is 79.9. The lowest BCUT2D eigenvalue weighted by Crippen LogP contribution is -1.89. The smallest absolute Gasteiger partial charge is 0.258 e. The average Bonchev–Trinajstić information content (AvgIpc) is 2.91. The Kier molecular flexibility index (Phi) is 3.69. The Labute approximate surface area is 135 Å². The lowest BCUT2D eigenvalue weighted by Gasteiger charge is -2.01. The number of hydrogen-bond donors (Lipinski definition) is 1. The van der Waals surface area contributed by atoms with Crippen LogP contribution < -0.4 is 5.73 Å². The molecule has 0 bridgehead atoms. The third-order valence-corrected chi connectivity index (χ3v) is 4.30.